The van der Waals surface area contributed by atoms with Crippen LogP contribution < -0.4 is 0 Å². The first-order valence-corrected chi connectivity index (χ1v) is 5.12. The molecule has 1 heterocycles. The van der Waals surface area contributed by atoms with Crippen molar-refractivity contribution in [1.82, 2.24) is 4.98 Å². The van der Waals surface area contributed by atoms with Crippen molar-refractivity contribution in [2.75, 3.05) is 0 Å². The molecule has 1 nitrogen and oxygen atoms in total. The van der Waals surface area contributed by atoms with E-state index < -0.39 is 0 Å². The summed E-state index contributed by atoms with van der Waals surface area (Å²) in [5, 5.41) is 0. The molecule has 0 aliphatic carbocycles. The average Bonchev–Trinajstić information content (AvgIpc) is 1.80. The molecule has 0 bridgehead atoms. The summed E-state index contributed by atoms with van der Waals surface area (Å²) in [6.45, 7) is 0. The third kappa shape index (κ3) is 2.30. The van der Waals surface area contributed by atoms with Gasteiger partial charge in [-0.3, -0.25) is 0 Å². The minimum absolute atomic E-state index is 0.896. The van der Waals surface area contributed by atoms with Gasteiger partial charge < -0.3 is 0 Å². The molecule has 0 aromatic carbocycles. The Labute approximate surface area is 89.0 Å². The number of aromatic nitrogens is 1. The molecule has 0 aliphatic heterocycles. The van der Waals surface area contributed by atoms with Crippen LogP contribution in [0, 0.1) is 7.14 Å². The fourth-order valence-corrected chi connectivity index (χ4v) is 1.88. The van der Waals surface area contributed by atoms with Gasteiger partial charge >= 0.3 is 0 Å². The van der Waals surface area contributed by atoms with E-state index in [1.165, 1.54) is 7.14 Å². The summed E-state index contributed by atoms with van der Waals surface area (Å²) in [5.74, 6) is 0. The van der Waals surface area contributed by atoms with E-state index in [-0.39, 0.29) is 0 Å². The maximum absolute atomic E-state index is 4.04. The van der Waals surface area contributed by atoms with Gasteiger partial charge in [-0.2, -0.15) is 0 Å². The normalized spacial score (nSPS) is 9.67. The van der Waals surface area contributed by atoms with Crippen LogP contribution in [0.5, 0.6) is 0 Å². The first kappa shape index (κ1) is 8.19. The van der Waals surface area contributed by atoms with E-state index in [4.69, 9.17) is 0 Å². The molecular weight excluding hydrogens is 408 g/mol. The maximum Gasteiger partial charge on any atom is 0.107 e. The lowest BCUT2D eigenvalue weighted by atomic mass is 10.5. The molecule has 0 radical (unpaired) electrons. The molecular formula is C5H2BrI2N. The molecule has 0 atom stereocenters. The number of halogens is 3. The second kappa shape index (κ2) is 3.47. The van der Waals surface area contributed by atoms with Gasteiger partial charge in [-0.1, -0.05) is 0 Å². The zero-order valence-electron chi connectivity index (χ0n) is 4.24. The summed E-state index contributed by atoms with van der Waals surface area (Å²) in [7, 11) is 0. The van der Waals surface area contributed by atoms with E-state index in [1.54, 1.807) is 0 Å². The van der Waals surface area contributed by atoms with Crippen molar-refractivity contribution < 1.29 is 0 Å². The summed E-state index contributed by atoms with van der Waals surface area (Å²) >= 11 is 7.80. The lowest BCUT2D eigenvalue weighted by Crippen LogP contribution is -1.81. The lowest BCUT2D eigenvalue weighted by Gasteiger charge is -1.93. The molecule has 9 heavy (non-hydrogen) atoms. The second-order valence-electron chi connectivity index (χ2n) is 1.42. The highest BCUT2D eigenvalue weighted by Crippen LogP contribution is 2.16. The molecule has 0 saturated carbocycles. The number of nitrogens with zero attached hydrogens (tertiary/aromatic N) is 1. The Morgan fingerprint density at radius 1 is 1.33 bits per heavy atom. The highest BCUT2D eigenvalue weighted by molar-refractivity contribution is 14.1. The molecule has 4 heteroatoms. The predicted octanol–water partition coefficient (Wildman–Crippen LogP) is 3.05. The molecule has 0 aliphatic rings. The molecule has 48 valence electrons. The monoisotopic (exact) mass is 409 g/mol. The third-order valence-corrected chi connectivity index (χ3v) is 3.99. The first-order valence-electron chi connectivity index (χ1n) is 2.16. The lowest BCUT2D eigenvalue weighted by molar-refractivity contribution is 1.24. The van der Waals surface area contributed by atoms with Crippen LogP contribution in [0.3, 0.4) is 0 Å². The Morgan fingerprint density at radius 2 is 2.00 bits per heavy atom. The molecule has 0 spiro atoms. The van der Waals surface area contributed by atoms with E-state index in [1.807, 2.05) is 12.3 Å². The first-order chi connectivity index (χ1) is 4.20. The maximum atomic E-state index is 4.04. The Hall–Kier alpha value is 1.09. The third-order valence-electron chi connectivity index (χ3n) is 0.775. The fourth-order valence-electron chi connectivity index (χ4n) is 0.391. The molecule has 1 rings (SSSR count). The predicted molar refractivity (Wildman–Crippen MR) is 57.4 cm³/mol. The minimum atomic E-state index is 0.896. The number of pyridine rings is 1. The molecule has 0 N–H and O–H groups in total. The Kier molecular flexibility index (Phi) is 3.16. The van der Waals surface area contributed by atoms with Gasteiger partial charge in [0.1, 0.15) is 4.60 Å². The van der Waals surface area contributed by atoms with Crippen LogP contribution >= 0.6 is 61.1 Å². The zero-order chi connectivity index (χ0) is 6.85. The average molecular weight is 410 g/mol. The topological polar surface area (TPSA) is 12.9 Å². The van der Waals surface area contributed by atoms with Gasteiger partial charge in [-0.15, -0.1) is 0 Å². The quantitative estimate of drug-likeness (QED) is 0.474. The van der Waals surface area contributed by atoms with Crippen molar-refractivity contribution in [2.45, 2.75) is 0 Å². The Balaban J connectivity index is 3.17. The Bertz CT molecular complexity index is 226. The van der Waals surface area contributed by atoms with Crippen LogP contribution in [0.2, 0.25) is 0 Å². The molecule has 0 amide bonds. The summed E-state index contributed by atoms with van der Waals surface area (Å²) < 4.78 is 3.32. The van der Waals surface area contributed by atoms with Gasteiger partial charge in [-0.05, 0) is 67.2 Å². The van der Waals surface area contributed by atoms with Crippen LogP contribution in [-0.2, 0) is 0 Å². The highest BCUT2D eigenvalue weighted by Gasteiger charge is 1.94. The van der Waals surface area contributed by atoms with Gasteiger partial charge in [0.25, 0.3) is 0 Å². The van der Waals surface area contributed by atoms with Crippen LogP contribution in [0.15, 0.2) is 16.9 Å². The van der Waals surface area contributed by atoms with Crippen molar-refractivity contribution in [3.05, 3.63) is 24.0 Å². The largest absolute Gasteiger partial charge is 0.248 e. The fraction of sp³-hybridized carbons (Fsp3) is 0. The number of hydrogen-bond donors (Lipinski definition) is 0. The van der Waals surface area contributed by atoms with Crippen LogP contribution in [0.1, 0.15) is 0 Å². The van der Waals surface area contributed by atoms with E-state index in [2.05, 4.69) is 66.1 Å². The van der Waals surface area contributed by atoms with Crippen LogP contribution in [0.25, 0.3) is 0 Å². The van der Waals surface area contributed by atoms with Gasteiger partial charge in [-0.25, -0.2) is 4.98 Å². The Morgan fingerprint density at radius 3 is 2.44 bits per heavy atom. The summed E-state index contributed by atoms with van der Waals surface area (Å²) in [6.07, 6.45) is 1.84. The van der Waals surface area contributed by atoms with Gasteiger partial charge in [0, 0.05) is 13.3 Å². The van der Waals surface area contributed by atoms with E-state index in [0.717, 1.165) is 4.60 Å². The van der Waals surface area contributed by atoms with E-state index in [0.29, 0.717) is 0 Å². The standard InChI is InChI=1S/C5H2BrI2N/c6-5-1-3(7)4(8)2-9-5/h1-2H. The minimum Gasteiger partial charge on any atom is -0.248 e. The summed E-state index contributed by atoms with van der Waals surface area (Å²) in [6, 6.07) is 1.99. The van der Waals surface area contributed by atoms with Gasteiger partial charge in [0.2, 0.25) is 0 Å². The second-order valence-corrected chi connectivity index (χ2v) is 4.56. The van der Waals surface area contributed by atoms with Crippen molar-refractivity contribution in [3.63, 3.8) is 0 Å². The molecule has 0 unspecified atom stereocenters. The van der Waals surface area contributed by atoms with Crippen LogP contribution in [-0.4, -0.2) is 4.98 Å². The van der Waals surface area contributed by atoms with Gasteiger partial charge in [0.15, 0.2) is 0 Å². The smallest absolute Gasteiger partial charge is 0.107 e. The molecule has 1 aromatic rings. The number of hydrogen-bond acceptors (Lipinski definition) is 1. The molecule has 0 fully saturated rings. The van der Waals surface area contributed by atoms with Gasteiger partial charge in [0.05, 0.1) is 0 Å². The van der Waals surface area contributed by atoms with Crippen molar-refractivity contribution in [2.24, 2.45) is 0 Å². The van der Waals surface area contributed by atoms with Crippen molar-refractivity contribution >= 4 is 61.1 Å². The zero-order valence-corrected chi connectivity index (χ0v) is 10.1. The molecule has 0 saturated heterocycles. The van der Waals surface area contributed by atoms with Crippen molar-refractivity contribution in [1.29, 1.82) is 0 Å². The highest BCUT2D eigenvalue weighted by atomic mass is 127. The number of rotatable bonds is 0. The molecule has 1 aromatic heterocycles. The van der Waals surface area contributed by atoms with E-state index in [9.17, 15) is 0 Å². The SMILES string of the molecule is Brc1cc(I)c(I)cn1. The van der Waals surface area contributed by atoms with Crippen LogP contribution in [0.4, 0.5) is 0 Å². The summed E-state index contributed by atoms with van der Waals surface area (Å²) in [5.41, 5.74) is 0. The van der Waals surface area contributed by atoms with Crippen molar-refractivity contribution in [3.8, 4) is 0 Å². The summed E-state index contributed by atoms with van der Waals surface area (Å²) in [4.78, 5) is 4.04. The van der Waals surface area contributed by atoms with E-state index >= 15 is 0 Å².